The van der Waals surface area contributed by atoms with E-state index in [0.29, 0.717) is 18.4 Å². The Kier molecular flexibility index (Phi) is 8.60. The predicted molar refractivity (Wildman–Crippen MR) is 129 cm³/mol. The van der Waals surface area contributed by atoms with Crippen LogP contribution in [0.15, 0.2) is 23.3 Å². The zero-order valence-corrected chi connectivity index (χ0v) is 22.0. The lowest BCUT2D eigenvalue weighted by Gasteiger charge is -2.44. The maximum absolute atomic E-state index is 12.6. The van der Waals surface area contributed by atoms with Crippen molar-refractivity contribution in [1.29, 1.82) is 0 Å². The Labute approximate surface area is 186 Å². The Bertz CT molecular complexity index is 652. The summed E-state index contributed by atoms with van der Waals surface area (Å²) in [5.41, 5.74) is 2.79. The van der Waals surface area contributed by atoms with Gasteiger partial charge in [-0.15, -0.1) is 0 Å². The lowest BCUT2D eigenvalue weighted by atomic mass is 9.71. The average molecular weight is 435 g/mol. The molecule has 0 radical (unpaired) electrons. The highest BCUT2D eigenvalue weighted by Crippen LogP contribution is 2.46. The first-order chi connectivity index (χ1) is 13.8. The molecule has 0 aromatic carbocycles. The number of ether oxygens (including phenoxy) is 1. The summed E-state index contributed by atoms with van der Waals surface area (Å²) in [4.78, 5) is 12.6. The Morgan fingerprint density at radius 3 is 2.60 bits per heavy atom. The second-order valence-electron chi connectivity index (χ2n) is 11.6. The fourth-order valence-corrected chi connectivity index (χ4v) is 6.25. The molecule has 0 N–H and O–H groups in total. The lowest BCUT2D eigenvalue weighted by Crippen LogP contribution is -2.49. The van der Waals surface area contributed by atoms with Crippen LogP contribution in [0.3, 0.4) is 0 Å². The van der Waals surface area contributed by atoms with Gasteiger partial charge in [-0.2, -0.15) is 0 Å². The zero-order valence-electron chi connectivity index (χ0n) is 21.0. The van der Waals surface area contributed by atoms with Crippen LogP contribution in [0.5, 0.6) is 0 Å². The van der Waals surface area contributed by atoms with Crippen LogP contribution in [0.1, 0.15) is 80.6 Å². The summed E-state index contributed by atoms with van der Waals surface area (Å²) in [6, 6.07) is 0. The number of cyclic esters (lactones) is 1. The molecular formula is C26H46O3Si. The molecule has 4 heteroatoms. The SMILES string of the molecule is CC(C)=CCC[C@@H](C)[C@H]1[C@@H]2COC(=O)[C@H]2CC/C=C(\C)C[C@H]1O[Si](C)(C)C(C)(C)C. The number of carbonyl (C=O) groups is 1. The molecule has 1 aliphatic heterocycles. The number of esters is 1. The van der Waals surface area contributed by atoms with Crippen molar-refractivity contribution in [2.24, 2.45) is 23.7 Å². The standard InChI is InChI=1S/C26H46O3Si/c1-18(2)12-10-14-20(4)24-22-17-28-25(27)21(22)15-11-13-19(3)16-23(24)29-30(8,9)26(5,6)7/h12-13,20-24H,10-11,14-17H2,1-9H3/b19-13+/t20-,21+,22-,23-,24+/m1/s1. The van der Waals surface area contributed by atoms with Crippen LogP contribution in [0.2, 0.25) is 18.1 Å². The van der Waals surface area contributed by atoms with Gasteiger partial charge in [-0.05, 0) is 82.8 Å². The van der Waals surface area contributed by atoms with Crippen molar-refractivity contribution in [3.8, 4) is 0 Å². The van der Waals surface area contributed by atoms with Crippen molar-refractivity contribution >= 4 is 14.3 Å². The Morgan fingerprint density at radius 2 is 2.00 bits per heavy atom. The summed E-state index contributed by atoms with van der Waals surface area (Å²) in [5, 5.41) is 0.167. The van der Waals surface area contributed by atoms with Gasteiger partial charge in [0.15, 0.2) is 8.32 Å². The van der Waals surface area contributed by atoms with Crippen LogP contribution >= 0.6 is 0 Å². The molecule has 0 saturated carbocycles. The Balaban J connectivity index is 2.41. The second-order valence-corrected chi connectivity index (χ2v) is 16.3. The molecule has 3 nitrogen and oxygen atoms in total. The monoisotopic (exact) mass is 434 g/mol. The van der Waals surface area contributed by atoms with Crippen molar-refractivity contribution in [3.05, 3.63) is 23.3 Å². The van der Waals surface area contributed by atoms with Crippen molar-refractivity contribution in [1.82, 2.24) is 0 Å². The highest BCUT2D eigenvalue weighted by Gasteiger charge is 2.48. The molecule has 1 saturated heterocycles. The van der Waals surface area contributed by atoms with Crippen molar-refractivity contribution in [2.75, 3.05) is 6.61 Å². The van der Waals surface area contributed by atoms with E-state index in [0.717, 1.165) is 32.1 Å². The summed E-state index contributed by atoms with van der Waals surface area (Å²) < 4.78 is 12.8. The smallest absolute Gasteiger partial charge is 0.309 e. The van der Waals surface area contributed by atoms with Crippen molar-refractivity contribution in [2.45, 2.75) is 105 Å². The maximum atomic E-state index is 12.6. The van der Waals surface area contributed by atoms with Crippen LogP contribution in [-0.2, 0) is 14.0 Å². The molecule has 0 bridgehead atoms. The minimum atomic E-state index is -1.94. The zero-order chi connectivity index (χ0) is 22.7. The van der Waals surface area contributed by atoms with E-state index in [1.807, 2.05) is 0 Å². The van der Waals surface area contributed by atoms with E-state index in [-0.39, 0.29) is 28.9 Å². The Morgan fingerprint density at radius 1 is 1.33 bits per heavy atom. The Hall–Kier alpha value is -0.873. The van der Waals surface area contributed by atoms with Crippen LogP contribution in [0, 0.1) is 23.7 Å². The number of hydrogen-bond donors (Lipinski definition) is 0. The van der Waals surface area contributed by atoms with E-state index in [4.69, 9.17) is 9.16 Å². The van der Waals surface area contributed by atoms with Gasteiger partial charge in [-0.3, -0.25) is 4.79 Å². The molecule has 0 amide bonds. The molecule has 2 rings (SSSR count). The molecule has 0 aromatic rings. The largest absolute Gasteiger partial charge is 0.465 e. The van der Waals surface area contributed by atoms with Crippen LogP contribution < -0.4 is 0 Å². The third-order valence-corrected chi connectivity index (χ3v) is 12.2. The summed E-state index contributed by atoms with van der Waals surface area (Å²) in [7, 11) is -1.94. The van der Waals surface area contributed by atoms with Crippen molar-refractivity contribution < 1.29 is 14.0 Å². The quantitative estimate of drug-likeness (QED) is 0.250. The molecule has 0 aromatic heterocycles. The molecule has 172 valence electrons. The highest BCUT2D eigenvalue weighted by atomic mass is 28.4. The van der Waals surface area contributed by atoms with E-state index in [1.165, 1.54) is 11.1 Å². The fourth-order valence-electron chi connectivity index (χ4n) is 4.90. The number of allylic oxidation sites excluding steroid dienone is 3. The third-order valence-electron chi connectivity index (χ3n) is 7.74. The fraction of sp³-hybridized carbons (Fsp3) is 0.808. The lowest BCUT2D eigenvalue weighted by molar-refractivity contribution is -0.141. The van der Waals surface area contributed by atoms with E-state index in [9.17, 15) is 4.79 Å². The molecule has 30 heavy (non-hydrogen) atoms. The molecule has 1 heterocycles. The number of fused-ring (bicyclic) bond motifs is 1. The van der Waals surface area contributed by atoms with Gasteiger partial charge in [0.25, 0.3) is 0 Å². The highest BCUT2D eigenvalue weighted by molar-refractivity contribution is 6.74. The van der Waals surface area contributed by atoms with E-state index >= 15 is 0 Å². The van der Waals surface area contributed by atoms with Gasteiger partial charge in [0.05, 0.1) is 18.6 Å². The van der Waals surface area contributed by atoms with Gasteiger partial charge in [-0.25, -0.2) is 0 Å². The van der Waals surface area contributed by atoms with Gasteiger partial charge in [0.2, 0.25) is 0 Å². The van der Waals surface area contributed by atoms with Crippen LogP contribution in [-0.4, -0.2) is 27.0 Å². The molecule has 0 unspecified atom stereocenters. The first-order valence-electron chi connectivity index (χ1n) is 12.0. The molecular weight excluding hydrogens is 388 g/mol. The minimum absolute atomic E-state index is 0.0144. The molecule has 5 atom stereocenters. The molecule has 1 aliphatic carbocycles. The normalized spacial score (nSPS) is 30.8. The first-order valence-corrected chi connectivity index (χ1v) is 14.9. The van der Waals surface area contributed by atoms with Crippen LogP contribution in [0.25, 0.3) is 0 Å². The van der Waals surface area contributed by atoms with Crippen LogP contribution in [0.4, 0.5) is 0 Å². The van der Waals surface area contributed by atoms with Crippen molar-refractivity contribution in [3.63, 3.8) is 0 Å². The van der Waals surface area contributed by atoms with E-state index < -0.39 is 8.32 Å². The summed E-state index contributed by atoms with van der Waals surface area (Å²) >= 11 is 0. The summed E-state index contributed by atoms with van der Waals surface area (Å²) in [6.45, 7) is 21.2. The van der Waals surface area contributed by atoms with Gasteiger partial charge in [0, 0.05) is 5.92 Å². The molecule has 0 spiro atoms. The van der Waals surface area contributed by atoms with E-state index in [2.05, 4.69) is 73.7 Å². The number of hydrogen-bond acceptors (Lipinski definition) is 3. The maximum Gasteiger partial charge on any atom is 0.309 e. The number of rotatable bonds is 6. The summed E-state index contributed by atoms with van der Waals surface area (Å²) in [5.74, 6) is 1.15. The topological polar surface area (TPSA) is 35.5 Å². The molecule has 1 fully saturated rings. The first kappa shape index (κ1) is 25.4. The van der Waals surface area contributed by atoms with Gasteiger partial charge >= 0.3 is 5.97 Å². The van der Waals surface area contributed by atoms with Gasteiger partial charge in [-0.1, -0.05) is 51.0 Å². The average Bonchev–Trinajstić information content (AvgIpc) is 2.96. The minimum Gasteiger partial charge on any atom is -0.465 e. The number of carbonyl (C=O) groups excluding carboxylic acids is 1. The predicted octanol–water partition coefficient (Wildman–Crippen LogP) is 7.29. The summed E-state index contributed by atoms with van der Waals surface area (Å²) in [6.07, 6.45) is 9.90. The molecule has 2 aliphatic rings. The van der Waals surface area contributed by atoms with E-state index in [1.54, 1.807) is 0 Å². The second kappa shape index (κ2) is 10.2. The van der Waals surface area contributed by atoms with Gasteiger partial charge < -0.3 is 9.16 Å². The van der Waals surface area contributed by atoms with Gasteiger partial charge in [0.1, 0.15) is 0 Å². The third kappa shape index (κ3) is 6.32.